The van der Waals surface area contributed by atoms with Gasteiger partial charge in [-0.25, -0.2) is 0 Å². The molecule has 3 heterocycles. The molecule has 0 aliphatic carbocycles. The maximum absolute atomic E-state index is 12.8. The van der Waals surface area contributed by atoms with Crippen LogP contribution in [0, 0.1) is 0 Å². The third-order valence-electron chi connectivity index (χ3n) is 4.91. The lowest BCUT2D eigenvalue weighted by Gasteiger charge is -2.14. The Morgan fingerprint density at radius 1 is 1.27 bits per heavy atom. The van der Waals surface area contributed by atoms with E-state index in [0.29, 0.717) is 23.6 Å². The molecule has 1 aliphatic rings. The van der Waals surface area contributed by atoms with Gasteiger partial charge in [-0.05, 0) is 42.5 Å². The Labute approximate surface area is 183 Å². The fourth-order valence-electron chi connectivity index (χ4n) is 3.36. The third-order valence-corrected chi connectivity index (χ3v) is 6.74. The zero-order valence-electron chi connectivity index (χ0n) is 16.9. The lowest BCUT2D eigenvalue weighted by Crippen LogP contribution is -2.17. The summed E-state index contributed by atoms with van der Waals surface area (Å²) in [6, 6.07) is 9.22. The topological polar surface area (TPSA) is 75.5 Å². The zero-order chi connectivity index (χ0) is 20.9. The van der Waals surface area contributed by atoms with Gasteiger partial charge >= 0.3 is 0 Å². The molecular formula is C21H23N3O4S2. The van der Waals surface area contributed by atoms with Crippen molar-refractivity contribution in [1.82, 2.24) is 14.8 Å². The van der Waals surface area contributed by atoms with Crippen molar-refractivity contribution in [2.45, 2.75) is 30.6 Å². The quantitative estimate of drug-likeness (QED) is 0.361. The van der Waals surface area contributed by atoms with E-state index in [-0.39, 0.29) is 17.6 Å². The fraction of sp³-hybridized carbons (Fsp3) is 0.381. The minimum absolute atomic E-state index is 0.00899. The number of hydrogen-bond donors (Lipinski definition) is 0. The minimum atomic E-state index is -0.00899. The number of thiophene rings is 1. The van der Waals surface area contributed by atoms with Crippen molar-refractivity contribution >= 4 is 28.9 Å². The van der Waals surface area contributed by atoms with Crippen LogP contribution >= 0.6 is 23.1 Å². The van der Waals surface area contributed by atoms with Gasteiger partial charge in [0, 0.05) is 12.2 Å². The molecule has 1 saturated heterocycles. The van der Waals surface area contributed by atoms with Gasteiger partial charge in [-0.1, -0.05) is 17.8 Å². The molecule has 1 atom stereocenters. The average molecular weight is 446 g/mol. The van der Waals surface area contributed by atoms with E-state index in [2.05, 4.69) is 14.8 Å². The molecule has 0 spiro atoms. The standard InChI is InChI=1S/C21H23N3O4S2/c1-26-17-8-7-14(11-18(17)27-2)16(25)13-30-21-23-22-20(19-6-4-10-29-19)24(21)12-15-5-3-9-28-15/h4,6-8,10-11,15H,3,5,9,12-13H2,1-2H3. The zero-order valence-corrected chi connectivity index (χ0v) is 18.5. The lowest BCUT2D eigenvalue weighted by molar-refractivity contribution is 0.0953. The summed E-state index contributed by atoms with van der Waals surface area (Å²) in [6.45, 7) is 1.48. The molecule has 4 rings (SSSR count). The number of Topliss-reactive ketones (excluding diaryl/α,β-unsaturated/α-hetero) is 1. The van der Waals surface area contributed by atoms with Crippen molar-refractivity contribution in [3.63, 3.8) is 0 Å². The molecule has 0 bridgehead atoms. The minimum Gasteiger partial charge on any atom is -0.493 e. The first-order valence-electron chi connectivity index (χ1n) is 9.66. The second-order valence-corrected chi connectivity index (χ2v) is 8.70. The van der Waals surface area contributed by atoms with Crippen molar-refractivity contribution < 1.29 is 19.0 Å². The predicted molar refractivity (Wildman–Crippen MR) is 117 cm³/mol. The highest BCUT2D eigenvalue weighted by Crippen LogP contribution is 2.31. The van der Waals surface area contributed by atoms with Crippen molar-refractivity contribution in [2.75, 3.05) is 26.6 Å². The number of benzene rings is 1. The van der Waals surface area contributed by atoms with Crippen LogP contribution in [0.5, 0.6) is 11.5 Å². The number of thioether (sulfide) groups is 1. The summed E-state index contributed by atoms with van der Waals surface area (Å²) in [5, 5.41) is 11.5. The summed E-state index contributed by atoms with van der Waals surface area (Å²) >= 11 is 3.02. The second-order valence-electron chi connectivity index (χ2n) is 6.81. The van der Waals surface area contributed by atoms with E-state index in [0.717, 1.165) is 35.3 Å². The van der Waals surface area contributed by atoms with Gasteiger partial charge in [0.25, 0.3) is 0 Å². The number of ether oxygens (including phenoxy) is 3. The highest BCUT2D eigenvalue weighted by atomic mass is 32.2. The molecule has 9 heteroatoms. The second kappa shape index (κ2) is 9.63. The summed E-state index contributed by atoms with van der Waals surface area (Å²) in [4.78, 5) is 13.8. The fourth-order valence-corrected chi connectivity index (χ4v) is 4.92. The Morgan fingerprint density at radius 2 is 2.13 bits per heavy atom. The molecule has 0 amide bonds. The van der Waals surface area contributed by atoms with Crippen LogP contribution in [0.15, 0.2) is 40.9 Å². The first kappa shape index (κ1) is 20.9. The third kappa shape index (κ3) is 4.53. The lowest BCUT2D eigenvalue weighted by atomic mass is 10.1. The van der Waals surface area contributed by atoms with Gasteiger partial charge in [-0.15, -0.1) is 21.5 Å². The van der Waals surface area contributed by atoms with Crippen LogP contribution < -0.4 is 9.47 Å². The van der Waals surface area contributed by atoms with Crippen LogP contribution in [-0.4, -0.2) is 53.2 Å². The van der Waals surface area contributed by atoms with Gasteiger partial charge in [-0.2, -0.15) is 0 Å². The van der Waals surface area contributed by atoms with Crippen molar-refractivity contribution in [3.8, 4) is 22.2 Å². The van der Waals surface area contributed by atoms with E-state index in [1.54, 1.807) is 43.8 Å². The predicted octanol–water partition coefficient (Wildman–Crippen LogP) is 4.18. The molecule has 1 unspecified atom stereocenters. The Kier molecular flexibility index (Phi) is 6.71. The van der Waals surface area contributed by atoms with Crippen molar-refractivity contribution in [3.05, 3.63) is 41.3 Å². The van der Waals surface area contributed by atoms with Crippen LogP contribution in [0.25, 0.3) is 10.7 Å². The maximum Gasteiger partial charge on any atom is 0.192 e. The normalized spacial score (nSPS) is 16.0. The average Bonchev–Trinajstić information content (AvgIpc) is 3.54. The number of hydrogen-bond acceptors (Lipinski definition) is 8. The van der Waals surface area contributed by atoms with E-state index < -0.39 is 0 Å². The smallest absolute Gasteiger partial charge is 0.192 e. The van der Waals surface area contributed by atoms with E-state index in [9.17, 15) is 4.79 Å². The van der Waals surface area contributed by atoms with E-state index in [4.69, 9.17) is 14.2 Å². The van der Waals surface area contributed by atoms with Crippen LogP contribution in [0.2, 0.25) is 0 Å². The highest BCUT2D eigenvalue weighted by Gasteiger charge is 2.23. The first-order valence-corrected chi connectivity index (χ1v) is 11.5. The number of carbonyl (C=O) groups is 1. The molecule has 158 valence electrons. The number of methoxy groups -OCH3 is 2. The molecule has 0 N–H and O–H groups in total. The summed E-state index contributed by atoms with van der Waals surface area (Å²) in [6.07, 6.45) is 2.25. The molecule has 3 aromatic rings. The molecule has 0 saturated carbocycles. The van der Waals surface area contributed by atoms with Gasteiger partial charge < -0.3 is 14.2 Å². The van der Waals surface area contributed by atoms with E-state index in [1.165, 1.54) is 11.8 Å². The van der Waals surface area contributed by atoms with E-state index >= 15 is 0 Å². The summed E-state index contributed by atoms with van der Waals surface area (Å²) < 4.78 is 18.4. The van der Waals surface area contributed by atoms with Crippen LogP contribution in [-0.2, 0) is 11.3 Å². The maximum atomic E-state index is 12.8. The van der Waals surface area contributed by atoms with Crippen LogP contribution in [0.3, 0.4) is 0 Å². The number of nitrogens with zero attached hydrogens (tertiary/aromatic N) is 3. The molecule has 0 radical (unpaired) electrons. The van der Waals surface area contributed by atoms with Crippen LogP contribution in [0.4, 0.5) is 0 Å². The summed E-state index contributed by atoms with van der Waals surface area (Å²) in [7, 11) is 3.13. The summed E-state index contributed by atoms with van der Waals surface area (Å²) in [5.41, 5.74) is 0.573. The molecule has 1 aromatic carbocycles. The van der Waals surface area contributed by atoms with Crippen molar-refractivity contribution in [1.29, 1.82) is 0 Å². The molecular weight excluding hydrogens is 422 g/mol. The number of rotatable bonds is 9. The van der Waals surface area contributed by atoms with Gasteiger partial charge in [0.05, 0.1) is 37.5 Å². The first-order chi connectivity index (χ1) is 14.7. The van der Waals surface area contributed by atoms with Gasteiger partial charge in [0.15, 0.2) is 28.3 Å². The van der Waals surface area contributed by atoms with Gasteiger partial charge in [0.1, 0.15) is 0 Å². The Balaban J connectivity index is 1.52. The number of carbonyl (C=O) groups excluding carboxylic acids is 1. The van der Waals surface area contributed by atoms with Crippen molar-refractivity contribution in [2.24, 2.45) is 0 Å². The number of ketones is 1. The monoisotopic (exact) mass is 445 g/mol. The number of aromatic nitrogens is 3. The molecule has 1 fully saturated rings. The molecule has 1 aliphatic heterocycles. The molecule has 7 nitrogen and oxygen atoms in total. The SMILES string of the molecule is COc1ccc(C(=O)CSc2nnc(-c3cccs3)n2CC2CCCO2)cc1OC. The Hall–Kier alpha value is -2.36. The summed E-state index contributed by atoms with van der Waals surface area (Å²) in [5.74, 6) is 2.20. The van der Waals surface area contributed by atoms with Gasteiger partial charge in [0.2, 0.25) is 0 Å². The van der Waals surface area contributed by atoms with E-state index in [1.807, 2.05) is 17.5 Å². The molecule has 30 heavy (non-hydrogen) atoms. The van der Waals surface area contributed by atoms with Crippen LogP contribution in [0.1, 0.15) is 23.2 Å². The Morgan fingerprint density at radius 3 is 2.83 bits per heavy atom. The molecule has 2 aromatic heterocycles. The Bertz CT molecular complexity index is 998. The highest BCUT2D eigenvalue weighted by molar-refractivity contribution is 7.99. The largest absolute Gasteiger partial charge is 0.493 e. The van der Waals surface area contributed by atoms with Gasteiger partial charge in [-0.3, -0.25) is 9.36 Å².